The normalized spacial score (nSPS) is 21.7. The molecule has 5 heterocycles. The van der Waals surface area contributed by atoms with E-state index < -0.39 is 23.4 Å². The van der Waals surface area contributed by atoms with Crippen LogP contribution in [0.4, 0.5) is 23.7 Å². The third-order valence-electron chi connectivity index (χ3n) is 7.98. The smallest absolute Gasteiger partial charge is 0.407 e. The second kappa shape index (κ2) is 10.9. The van der Waals surface area contributed by atoms with Gasteiger partial charge in [0.15, 0.2) is 5.67 Å². The Hall–Kier alpha value is -4.23. The largest absolute Gasteiger partial charge is 0.453 e. The van der Waals surface area contributed by atoms with E-state index in [-0.39, 0.29) is 48.0 Å². The number of hydrogen-bond acceptors (Lipinski definition) is 8. The molecule has 2 fully saturated rings. The number of carbonyl (C=O) groups is 1. The highest BCUT2D eigenvalue weighted by Gasteiger charge is 2.42. The van der Waals surface area contributed by atoms with E-state index in [0.29, 0.717) is 30.9 Å². The van der Waals surface area contributed by atoms with Crippen LogP contribution in [0.3, 0.4) is 0 Å². The van der Waals surface area contributed by atoms with Crippen LogP contribution in [0.5, 0.6) is 0 Å². The SMILES string of the molecule is COC(=O)N[C@@H]1[C@H](N)CN(c2ccncc2Cc2ncc3ccc(-c4c(F)cc(C5(F)COC5)cc4F)nn23)C[C@@H]1C. The molecule has 3 atom stereocenters. The van der Waals surface area contributed by atoms with E-state index in [2.05, 4.69) is 25.3 Å². The molecular formula is C29H30F3N7O3. The first kappa shape index (κ1) is 27.9. The molecule has 10 nitrogen and oxygen atoms in total. The standard InChI is InChI=1S/C29H30F3N7O3/c1-16-12-38(13-22(33)27(16)36-28(40)41-2)24-5-6-34-10-17(24)7-25-35-11-19-3-4-23(37-39(19)25)26-20(30)8-18(9-21(26)31)29(32)14-42-15-29/h3-6,8-11,16,22,27H,7,12-15,33H2,1-2H3,(H,36,40)/t16-,22+,27-/m0/s1. The molecule has 1 amide bonds. The molecule has 0 aliphatic carbocycles. The number of methoxy groups -OCH3 is 1. The first-order valence-corrected chi connectivity index (χ1v) is 13.5. The number of nitrogens with two attached hydrogens (primary N) is 1. The van der Waals surface area contributed by atoms with Gasteiger partial charge in [-0.25, -0.2) is 27.5 Å². The summed E-state index contributed by atoms with van der Waals surface area (Å²) < 4.78 is 56.2. The fraction of sp³-hybridized carbons (Fsp3) is 0.379. The van der Waals surface area contributed by atoms with Crippen molar-refractivity contribution in [2.45, 2.75) is 31.1 Å². The van der Waals surface area contributed by atoms with Gasteiger partial charge in [-0.05, 0) is 41.8 Å². The van der Waals surface area contributed by atoms with Gasteiger partial charge >= 0.3 is 6.09 Å². The summed E-state index contributed by atoms with van der Waals surface area (Å²) in [5.74, 6) is -1.25. The van der Waals surface area contributed by atoms with Crippen LogP contribution in [0.15, 0.2) is 48.9 Å². The van der Waals surface area contributed by atoms with Crippen LogP contribution in [0.2, 0.25) is 0 Å². The second-order valence-electron chi connectivity index (χ2n) is 10.9. The van der Waals surface area contributed by atoms with E-state index in [1.807, 2.05) is 13.0 Å². The quantitative estimate of drug-likeness (QED) is 0.356. The molecule has 2 saturated heterocycles. The Bertz CT molecular complexity index is 1610. The van der Waals surface area contributed by atoms with Gasteiger partial charge in [0.2, 0.25) is 0 Å². The van der Waals surface area contributed by atoms with Crippen molar-refractivity contribution in [3.63, 3.8) is 0 Å². The maximum atomic E-state index is 15.1. The summed E-state index contributed by atoms with van der Waals surface area (Å²) in [4.78, 5) is 22.8. The summed E-state index contributed by atoms with van der Waals surface area (Å²) >= 11 is 0. The summed E-state index contributed by atoms with van der Waals surface area (Å²) in [6.07, 6.45) is 4.87. The van der Waals surface area contributed by atoms with Gasteiger partial charge in [0.25, 0.3) is 0 Å². The topological polar surface area (TPSA) is 120 Å². The van der Waals surface area contributed by atoms with Crippen molar-refractivity contribution in [1.82, 2.24) is 24.9 Å². The fourth-order valence-electron chi connectivity index (χ4n) is 5.71. The zero-order chi connectivity index (χ0) is 29.6. The lowest BCUT2D eigenvalue weighted by molar-refractivity contribution is -0.135. The average molecular weight is 582 g/mol. The highest BCUT2D eigenvalue weighted by Crippen LogP contribution is 2.37. The Labute approximate surface area is 239 Å². The summed E-state index contributed by atoms with van der Waals surface area (Å²) in [6, 6.07) is 6.49. The number of anilines is 1. The third kappa shape index (κ3) is 5.02. The van der Waals surface area contributed by atoms with E-state index >= 15 is 8.78 Å². The van der Waals surface area contributed by atoms with Crippen molar-refractivity contribution in [3.05, 3.63) is 77.5 Å². The van der Waals surface area contributed by atoms with Gasteiger partial charge in [-0.1, -0.05) is 6.92 Å². The van der Waals surface area contributed by atoms with Gasteiger partial charge in [0, 0.05) is 49.2 Å². The predicted molar refractivity (Wildman–Crippen MR) is 148 cm³/mol. The summed E-state index contributed by atoms with van der Waals surface area (Å²) in [5, 5.41) is 7.34. The van der Waals surface area contributed by atoms with Crippen molar-refractivity contribution in [1.29, 1.82) is 0 Å². The maximum Gasteiger partial charge on any atom is 0.407 e. The van der Waals surface area contributed by atoms with Crippen LogP contribution in [-0.2, 0) is 21.6 Å². The molecule has 3 aromatic heterocycles. The monoisotopic (exact) mass is 581 g/mol. The molecule has 0 bridgehead atoms. The number of nitrogens with one attached hydrogen (secondary N) is 1. The molecule has 6 rings (SSSR count). The molecule has 3 N–H and O–H groups in total. The van der Waals surface area contributed by atoms with Crippen LogP contribution < -0.4 is 16.0 Å². The highest BCUT2D eigenvalue weighted by atomic mass is 19.1. The highest BCUT2D eigenvalue weighted by molar-refractivity contribution is 5.68. The van der Waals surface area contributed by atoms with Crippen LogP contribution >= 0.6 is 0 Å². The number of alkyl halides is 1. The number of hydrogen-bond donors (Lipinski definition) is 2. The first-order chi connectivity index (χ1) is 20.2. The molecule has 1 aromatic carbocycles. The van der Waals surface area contributed by atoms with Crippen molar-refractivity contribution in [3.8, 4) is 11.3 Å². The summed E-state index contributed by atoms with van der Waals surface area (Å²) in [5.41, 5.74) is 6.56. The molecule has 2 aliphatic rings. The molecule has 0 spiro atoms. The number of nitrogens with zero attached hydrogens (tertiary/aromatic N) is 5. The number of alkyl carbamates (subject to hydrolysis) is 1. The number of carbonyl (C=O) groups excluding carboxylic acids is 1. The van der Waals surface area contributed by atoms with Crippen molar-refractivity contribution in [2.24, 2.45) is 11.7 Å². The number of amides is 1. The molecule has 0 saturated carbocycles. The number of rotatable bonds is 6. The first-order valence-electron chi connectivity index (χ1n) is 13.5. The number of pyridine rings is 1. The molecule has 13 heteroatoms. The minimum atomic E-state index is -1.90. The average Bonchev–Trinajstić information content (AvgIpc) is 3.35. The van der Waals surface area contributed by atoms with Gasteiger partial charge in [-0.2, -0.15) is 5.10 Å². The Kier molecular flexibility index (Phi) is 7.23. The van der Waals surface area contributed by atoms with Crippen molar-refractivity contribution >= 4 is 17.3 Å². The van der Waals surface area contributed by atoms with Crippen LogP contribution in [0.1, 0.15) is 23.9 Å². The van der Waals surface area contributed by atoms with E-state index in [9.17, 15) is 9.18 Å². The van der Waals surface area contributed by atoms with Crippen molar-refractivity contribution in [2.75, 3.05) is 38.3 Å². The van der Waals surface area contributed by atoms with Gasteiger partial charge in [-0.15, -0.1) is 0 Å². The Morgan fingerprint density at radius 3 is 2.62 bits per heavy atom. The van der Waals surface area contributed by atoms with Crippen LogP contribution in [0, 0.1) is 17.6 Å². The lowest BCUT2D eigenvalue weighted by Crippen LogP contribution is -2.62. The molecular weight excluding hydrogens is 551 g/mol. The van der Waals surface area contributed by atoms with E-state index in [1.54, 1.807) is 24.7 Å². The number of imidazole rings is 1. The number of piperidine rings is 1. The summed E-state index contributed by atoms with van der Waals surface area (Å²) in [7, 11) is 1.32. The molecule has 4 aromatic rings. The molecule has 2 aliphatic heterocycles. The maximum absolute atomic E-state index is 15.1. The number of ether oxygens (including phenoxy) is 2. The Morgan fingerprint density at radius 2 is 1.95 bits per heavy atom. The Balaban J connectivity index is 1.28. The van der Waals surface area contributed by atoms with Gasteiger partial charge < -0.3 is 25.4 Å². The van der Waals surface area contributed by atoms with Gasteiger partial charge in [0.05, 0.1) is 49.3 Å². The predicted octanol–water partition coefficient (Wildman–Crippen LogP) is 3.36. The fourth-order valence-corrected chi connectivity index (χ4v) is 5.71. The lowest BCUT2D eigenvalue weighted by atomic mass is 9.89. The van der Waals surface area contributed by atoms with Gasteiger partial charge in [-0.3, -0.25) is 4.98 Å². The number of fused-ring (bicyclic) bond motifs is 1. The van der Waals surface area contributed by atoms with E-state index in [1.165, 1.54) is 17.7 Å². The molecule has 220 valence electrons. The van der Waals surface area contributed by atoms with E-state index in [4.69, 9.17) is 15.2 Å². The van der Waals surface area contributed by atoms with Crippen molar-refractivity contribution < 1.29 is 27.4 Å². The molecule has 0 radical (unpaired) electrons. The van der Waals surface area contributed by atoms with Crippen LogP contribution in [-0.4, -0.2) is 71.2 Å². The minimum absolute atomic E-state index is 0.0330. The number of benzene rings is 1. The number of halogens is 3. The summed E-state index contributed by atoms with van der Waals surface area (Å²) in [6.45, 7) is 2.65. The lowest BCUT2D eigenvalue weighted by Gasteiger charge is -2.42. The minimum Gasteiger partial charge on any atom is -0.453 e. The second-order valence-corrected chi connectivity index (χ2v) is 10.9. The zero-order valence-electron chi connectivity index (χ0n) is 23.1. The Morgan fingerprint density at radius 1 is 1.19 bits per heavy atom. The molecule has 0 unspecified atom stereocenters. The third-order valence-corrected chi connectivity index (χ3v) is 7.98. The number of aromatic nitrogens is 4. The van der Waals surface area contributed by atoms with Crippen LogP contribution in [0.25, 0.3) is 16.8 Å². The molecule has 42 heavy (non-hydrogen) atoms. The van der Waals surface area contributed by atoms with Gasteiger partial charge in [0.1, 0.15) is 17.5 Å². The van der Waals surface area contributed by atoms with E-state index in [0.717, 1.165) is 23.4 Å². The zero-order valence-corrected chi connectivity index (χ0v) is 23.1.